The number of amides is 1. The standard InChI is InChI=1S/C13H20N4O3.ClH/c1-3-20-13(19)8(2)6-15-12(18)11-9-7-14-5-4-10(9)16-17-11;/h8,14H,3-7H2,1-2H3,(H,15,18)(H,16,17);1H. The Morgan fingerprint density at radius 1 is 1.48 bits per heavy atom. The molecule has 1 aromatic heterocycles. The monoisotopic (exact) mass is 316 g/mol. The minimum atomic E-state index is -0.369. The van der Waals surface area contributed by atoms with Crippen LogP contribution < -0.4 is 10.6 Å². The molecule has 3 N–H and O–H groups in total. The van der Waals surface area contributed by atoms with E-state index in [1.54, 1.807) is 13.8 Å². The number of rotatable bonds is 5. The van der Waals surface area contributed by atoms with Gasteiger partial charge in [-0.15, -0.1) is 12.4 Å². The summed E-state index contributed by atoms with van der Waals surface area (Å²) >= 11 is 0. The van der Waals surface area contributed by atoms with Gasteiger partial charge in [-0.1, -0.05) is 6.92 Å². The third kappa shape index (κ3) is 4.18. The van der Waals surface area contributed by atoms with Gasteiger partial charge in [-0.2, -0.15) is 5.10 Å². The van der Waals surface area contributed by atoms with Gasteiger partial charge in [0.05, 0.1) is 12.5 Å². The van der Waals surface area contributed by atoms with Gasteiger partial charge in [0.2, 0.25) is 0 Å². The summed E-state index contributed by atoms with van der Waals surface area (Å²) in [6.07, 6.45) is 0.842. The van der Waals surface area contributed by atoms with Crippen LogP contribution in [0.3, 0.4) is 0 Å². The van der Waals surface area contributed by atoms with E-state index in [9.17, 15) is 9.59 Å². The molecule has 0 spiro atoms. The van der Waals surface area contributed by atoms with Gasteiger partial charge in [0.25, 0.3) is 5.91 Å². The molecule has 1 aromatic rings. The van der Waals surface area contributed by atoms with Gasteiger partial charge in [-0.3, -0.25) is 14.7 Å². The number of nitrogens with one attached hydrogen (secondary N) is 3. The van der Waals surface area contributed by atoms with Gasteiger partial charge in [0.15, 0.2) is 5.69 Å². The predicted molar refractivity (Wildman–Crippen MR) is 79.4 cm³/mol. The summed E-state index contributed by atoms with van der Waals surface area (Å²) in [4.78, 5) is 23.6. The summed E-state index contributed by atoms with van der Waals surface area (Å²) in [5, 5.41) is 12.9. The zero-order valence-electron chi connectivity index (χ0n) is 12.2. The zero-order valence-corrected chi connectivity index (χ0v) is 13.0. The van der Waals surface area contributed by atoms with E-state index in [1.807, 2.05) is 0 Å². The molecule has 1 aliphatic heterocycles. The van der Waals surface area contributed by atoms with Crippen molar-refractivity contribution in [1.82, 2.24) is 20.8 Å². The van der Waals surface area contributed by atoms with Crippen LogP contribution >= 0.6 is 12.4 Å². The van der Waals surface area contributed by atoms with Gasteiger partial charge in [0, 0.05) is 37.3 Å². The average molecular weight is 317 g/mol. The third-order valence-corrected chi connectivity index (χ3v) is 3.28. The van der Waals surface area contributed by atoms with Crippen molar-refractivity contribution in [2.75, 3.05) is 19.7 Å². The van der Waals surface area contributed by atoms with Crippen molar-refractivity contribution in [2.24, 2.45) is 5.92 Å². The maximum atomic E-state index is 12.1. The molecule has 1 amide bonds. The molecule has 1 unspecified atom stereocenters. The van der Waals surface area contributed by atoms with E-state index in [4.69, 9.17) is 4.74 Å². The van der Waals surface area contributed by atoms with E-state index >= 15 is 0 Å². The van der Waals surface area contributed by atoms with Gasteiger partial charge in [-0.25, -0.2) is 0 Å². The van der Waals surface area contributed by atoms with Gasteiger partial charge in [0.1, 0.15) is 0 Å². The Kier molecular flexibility index (Phi) is 6.64. The molecule has 0 bridgehead atoms. The maximum absolute atomic E-state index is 12.1. The largest absolute Gasteiger partial charge is 0.466 e. The number of aromatic amines is 1. The normalized spacial score (nSPS) is 14.6. The van der Waals surface area contributed by atoms with E-state index in [-0.39, 0.29) is 36.7 Å². The molecule has 118 valence electrons. The highest BCUT2D eigenvalue weighted by Crippen LogP contribution is 2.15. The highest BCUT2D eigenvalue weighted by molar-refractivity contribution is 5.94. The van der Waals surface area contributed by atoms with Gasteiger partial charge in [-0.05, 0) is 6.92 Å². The number of ether oxygens (including phenoxy) is 1. The number of H-pyrrole nitrogens is 1. The lowest BCUT2D eigenvalue weighted by molar-refractivity contribution is -0.147. The predicted octanol–water partition coefficient (Wildman–Crippen LogP) is 0.406. The van der Waals surface area contributed by atoms with Crippen LogP contribution in [0, 0.1) is 5.92 Å². The summed E-state index contributed by atoms with van der Waals surface area (Å²) in [5.74, 6) is -0.937. The average Bonchev–Trinajstić information content (AvgIpc) is 2.88. The highest BCUT2D eigenvalue weighted by atomic mass is 35.5. The van der Waals surface area contributed by atoms with Crippen molar-refractivity contribution < 1.29 is 14.3 Å². The molecule has 0 fully saturated rings. The van der Waals surface area contributed by atoms with Crippen LogP contribution in [0.2, 0.25) is 0 Å². The fraction of sp³-hybridized carbons (Fsp3) is 0.615. The van der Waals surface area contributed by atoms with E-state index < -0.39 is 0 Å². The van der Waals surface area contributed by atoms with Crippen molar-refractivity contribution in [2.45, 2.75) is 26.8 Å². The Balaban J connectivity index is 0.00000220. The SMILES string of the molecule is CCOC(=O)C(C)CNC(=O)c1n[nH]c2c1CNCC2.Cl. The fourth-order valence-electron chi connectivity index (χ4n) is 2.11. The molecule has 21 heavy (non-hydrogen) atoms. The zero-order chi connectivity index (χ0) is 14.5. The fourth-order valence-corrected chi connectivity index (χ4v) is 2.11. The first kappa shape index (κ1) is 17.5. The topological polar surface area (TPSA) is 96.1 Å². The number of nitrogens with zero attached hydrogens (tertiary/aromatic N) is 1. The second-order valence-electron chi connectivity index (χ2n) is 4.82. The molecule has 8 heteroatoms. The van der Waals surface area contributed by atoms with E-state index in [1.165, 1.54) is 0 Å². The van der Waals surface area contributed by atoms with Crippen molar-refractivity contribution in [3.63, 3.8) is 0 Å². The van der Waals surface area contributed by atoms with Crippen LogP contribution in [0.25, 0.3) is 0 Å². The lowest BCUT2D eigenvalue weighted by atomic mass is 10.1. The minimum absolute atomic E-state index is 0. The van der Waals surface area contributed by atoms with Crippen LogP contribution in [0.5, 0.6) is 0 Å². The first-order valence-corrected chi connectivity index (χ1v) is 6.85. The summed E-state index contributed by atoms with van der Waals surface area (Å²) in [6.45, 7) is 5.59. The molecule has 0 radical (unpaired) electrons. The van der Waals surface area contributed by atoms with Crippen molar-refractivity contribution in [3.8, 4) is 0 Å². The Bertz CT molecular complexity index is 504. The van der Waals surface area contributed by atoms with Crippen LogP contribution in [-0.2, 0) is 22.5 Å². The first-order chi connectivity index (χ1) is 9.63. The van der Waals surface area contributed by atoms with Crippen molar-refractivity contribution in [3.05, 3.63) is 17.0 Å². The van der Waals surface area contributed by atoms with E-state index in [0.29, 0.717) is 18.8 Å². The third-order valence-electron chi connectivity index (χ3n) is 3.28. The molecule has 0 aromatic carbocycles. The number of carbonyl (C=O) groups excluding carboxylic acids is 2. The summed E-state index contributed by atoms with van der Waals surface area (Å²) in [6, 6.07) is 0. The van der Waals surface area contributed by atoms with E-state index in [0.717, 1.165) is 24.2 Å². The van der Waals surface area contributed by atoms with Crippen LogP contribution in [0.1, 0.15) is 35.6 Å². The number of esters is 1. The number of carbonyl (C=O) groups is 2. The maximum Gasteiger partial charge on any atom is 0.310 e. The quantitative estimate of drug-likeness (QED) is 0.684. The second-order valence-corrected chi connectivity index (χ2v) is 4.82. The molecule has 2 rings (SSSR count). The number of halogens is 1. The first-order valence-electron chi connectivity index (χ1n) is 6.85. The minimum Gasteiger partial charge on any atom is -0.466 e. The molecule has 0 saturated carbocycles. The second kappa shape index (κ2) is 7.99. The Morgan fingerprint density at radius 3 is 2.95 bits per heavy atom. The molecule has 1 atom stereocenters. The Morgan fingerprint density at radius 2 is 2.24 bits per heavy atom. The number of hydrogen-bond acceptors (Lipinski definition) is 5. The molecule has 0 saturated heterocycles. The number of aromatic nitrogens is 2. The molecule has 0 aliphatic carbocycles. The molecule has 7 nitrogen and oxygen atoms in total. The van der Waals surface area contributed by atoms with Crippen LogP contribution in [-0.4, -0.2) is 41.8 Å². The Hall–Kier alpha value is -1.60. The van der Waals surface area contributed by atoms with Crippen LogP contribution in [0.15, 0.2) is 0 Å². The van der Waals surface area contributed by atoms with E-state index in [2.05, 4.69) is 20.8 Å². The van der Waals surface area contributed by atoms with Crippen molar-refractivity contribution >= 4 is 24.3 Å². The lowest BCUT2D eigenvalue weighted by Crippen LogP contribution is -2.34. The summed E-state index contributed by atoms with van der Waals surface area (Å²) in [5.41, 5.74) is 2.33. The number of fused-ring (bicyclic) bond motifs is 1. The lowest BCUT2D eigenvalue weighted by Gasteiger charge is -2.14. The van der Waals surface area contributed by atoms with Crippen LogP contribution in [0.4, 0.5) is 0 Å². The van der Waals surface area contributed by atoms with Gasteiger partial charge >= 0.3 is 5.97 Å². The van der Waals surface area contributed by atoms with Crippen molar-refractivity contribution in [1.29, 1.82) is 0 Å². The molecule has 2 heterocycles. The molecular weight excluding hydrogens is 296 g/mol. The Labute approximate surface area is 129 Å². The smallest absolute Gasteiger partial charge is 0.310 e. The number of hydrogen-bond donors (Lipinski definition) is 3. The molecule has 1 aliphatic rings. The molecular formula is C13H21ClN4O3. The summed E-state index contributed by atoms with van der Waals surface area (Å²) in [7, 11) is 0. The van der Waals surface area contributed by atoms with Gasteiger partial charge < -0.3 is 15.4 Å². The summed E-state index contributed by atoms with van der Waals surface area (Å²) < 4.78 is 4.90. The highest BCUT2D eigenvalue weighted by Gasteiger charge is 2.22.